The number of hydrogen-bond donors (Lipinski definition) is 1. The van der Waals surface area contributed by atoms with Crippen LogP contribution in [0.2, 0.25) is 0 Å². The van der Waals surface area contributed by atoms with E-state index in [9.17, 15) is 4.79 Å². The van der Waals surface area contributed by atoms with Crippen molar-refractivity contribution in [3.8, 4) is 0 Å². The van der Waals surface area contributed by atoms with Crippen molar-refractivity contribution in [2.75, 3.05) is 13.1 Å². The molecule has 18 heavy (non-hydrogen) atoms. The van der Waals surface area contributed by atoms with Crippen molar-refractivity contribution in [2.45, 2.75) is 19.3 Å². The van der Waals surface area contributed by atoms with Crippen LogP contribution < -0.4 is 5.32 Å². The van der Waals surface area contributed by atoms with Gasteiger partial charge in [0.25, 0.3) is 0 Å². The summed E-state index contributed by atoms with van der Waals surface area (Å²) in [6.45, 7) is 2.19. The summed E-state index contributed by atoms with van der Waals surface area (Å²) in [5.41, 5.74) is 1.40. The van der Waals surface area contributed by atoms with Gasteiger partial charge in [0, 0.05) is 18.2 Å². The van der Waals surface area contributed by atoms with E-state index < -0.39 is 0 Å². The Morgan fingerprint density at radius 3 is 3.00 bits per heavy atom. The Kier molecular flexibility index (Phi) is 3.06. The van der Waals surface area contributed by atoms with Crippen molar-refractivity contribution < 1.29 is 4.79 Å². The van der Waals surface area contributed by atoms with Gasteiger partial charge in [0.05, 0.1) is 0 Å². The van der Waals surface area contributed by atoms with E-state index >= 15 is 0 Å². The number of pyridine rings is 1. The number of carbonyl (C=O) groups excluding carboxylic acids is 1. The van der Waals surface area contributed by atoms with Crippen LogP contribution in [-0.4, -0.2) is 34.0 Å². The molecule has 0 radical (unpaired) electrons. The molecule has 0 aliphatic carbocycles. The Morgan fingerprint density at radius 1 is 1.39 bits per heavy atom. The van der Waals surface area contributed by atoms with Gasteiger partial charge in [-0.25, -0.2) is 0 Å². The van der Waals surface area contributed by atoms with Gasteiger partial charge in [0.15, 0.2) is 5.65 Å². The van der Waals surface area contributed by atoms with Gasteiger partial charge >= 0.3 is 0 Å². The molecule has 94 valence electrons. The molecule has 1 N–H and O–H groups in total. The van der Waals surface area contributed by atoms with Gasteiger partial charge in [-0.1, -0.05) is 0 Å². The van der Waals surface area contributed by atoms with E-state index in [4.69, 9.17) is 0 Å². The van der Waals surface area contributed by atoms with Gasteiger partial charge in [0.1, 0.15) is 12.1 Å². The third kappa shape index (κ3) is 2.13. The molecule has 2 aromatic rings. The second-order valence-electron chi connectivity index (χ2n) is 4.82. The molecular weight excluding hydrogens is 228 g/mol. The molecule has 5 nitrogen and oxygen atoms in total. The number of piperidine rings is 1. The average Bonchev–Trinajstić information content (AvgIpc) is 2.82. The topological polar surface area (TPSA) is 59.3 Å². The van der Waals surface area contributed by atoms with Crippen molar-refractivity contribution in [1.82, 2.24) is 19.9 Å². The second-order valence-corrected chi connectivity index (χ2v) is 4.82. The van der Waals surface area contributed by atoms with Crippen LogP contribution in [-0.2, 0) is 6.42 Å². The summed E-state index contributed by atoms with van der Waals surface area (Å²) in [4.78, 5) is 10.7. The molecule has 0 spiro atoms. The molecule has 3 rings (SSSR count). The highest BCUT2D eigenvalue weighted by atomic mass is 16.1. The Hall–Kier alpha value is -1.75. The van der Waals surface area contributed by atoms with Crippen LogP contribution in [0.5, 0.6) is 0 Å². The quantitative estimate of drug-likeness (QED) is 0.821. The largest absolute Gasteiger partial charge is 0.317 e. The van der Waals surface area contributed by atoms with E-state index in [1.807, 2.05) is 10.6 Å². The highest BCUT2D eigenvalue weighted by molar-refractivity contribution is 5.76. The zero-order valence-corrected chi connectivity index (χ0v) is 10.2. The summed E-state index contributed by atoms with van der Waals surface area (Å²) in [5, 5.41) is 11.7. The SMILES string of the molecule is O=Cc1ccn2c(CC3CCNCC3)nnc2c1. The molecule has 0 bridgehead atoms. The maximum atomic E-state index is 10.7. The third-order valence-corrected chi connectivity index (χ3v) is 3.57. The molecule has 1 aliphatic rings. The van der Waals surface area contributed by atoms with Gasteiger partial charge < -0.3 is 5.32 Å². The highest BCUT2D eigenvalue weighted by Crippen LogP contribution is 2.17. The fourth-order valence-electron chi connectivity index (χ4n) is 2.51. The Bertz CT molecular complexity index is 557. The number of aromatic nitrogens is 3. The van der Waals surface area contributed by atoms with E-state index in [1.54, 1.807) is 12.1 Å². The average molecular weight is 244 g/mol. The first-order valence-electron chi connectivity index (χ1n) is 6.36. The summed E-state index contributed by atoms with van der Waals surface area (Å²) in [7, 11) is 0. The summed E-state index contributed by atoms with van der Waals surface area (Å²) in [5.74, 6) is 1.68. The summed E-state index contributed by atoms with van der Waals surface area (Å²) in [6, 6.07) is 3.57. The number of fused-ring (bicyclic) bond motifs is 1. The molecule has 1 fully saturated rings. The van der Waals surface area contributed by atoms with E-state index in [-0.39, 0.29) is 0 Å². The normalized spacial score (nSPS) is 17.1. The molecule has 5 heteroatoms. The van der Waals surface area contributed by atoms with E-state index in [2.05, 4.69) is 15.5 Å². The minimum Gasteiger partial charge on any atom is -0.317 e. The first kappa shape index (κ1) is 11.3. The van der Waals surface area contributed by atoms with Crippen LogP contribution in [0.4, 0.5) is 0 Å². The number of rotatable bonds is 3. The molecule has 0 amide bonds. The lowest BCUT2D eigenvalue weighted by Crippen LogP contribution is -2.29. The summed E-state index contributed by atoms with van der Waals surface area (Å²) >= 11 is 0. The maximum absolute atomic E-state index is 10.7. The molecule has 0 aromatic carbocycles. The van der Waals surface area contributed by atoms with Gasteiger partial charge in [0.2, 0.25) is 0 Å². The molecule has 0 unspecified atom stereocenters. The van der Waals surface area contributed by atoms with Crippen molar-refractivity contribution in [2.24, 2.45) is 5.92 Å². The standard InChI is InChI=1S/C13H16N4O/c18-9-11-3-6-17-12(15-16-13(17)8-11)7-10-1-4-14-5-2-10/h3,6,8-10,14H,1-2,4-5,7H2. The number of carbonyl (C=O) groups is 1. The van der Waals surface area contributed by atoms with E-state index in [0.29, 0.717) is 11.5 Å². The van der Waals surface area contributed by atoms with Crippen molar-refractivity contribution in [3.05, 3.63) is 29.7 Å². The van der Waals surface area contributed by atoms with Crippen LogP contribution in [0.3, 0.4) is 0 Å². The Balaban J connectivity index is 1.85. The minimum absolute atomic E-state index is 0.642. The second kappa shape index (κ2) is 4.86. The number of aldehydes is 1. The van der Waals surface area contributed by atoms with Crippen LogP contribution in [0, 0.1) is 5.92 Å². The van der Waals surface area contributed by atoms with Crippen LogP contribution >= 0.6 is 0 Å². The fraction of sp³-hybridized carbons (Fsp3) is 0.462. The molecule has 0 atom stereocenters. The predicted octanol–water partition coefficient (Wildman–Crippen LogP) is 1.08. The summed E-state index contributed by atoms with van der Waals surface area (Å²) in [6.07, 6.45) is 6.07. The van der Waals surface area contributed by atoms with E-state index in [1.165, 1.54) is 12.8 Å². The van der Waals surface area contributed by atoms with Gasteiger partial charge in [-0.2, -0.15) is 0 Å². The fourth-order valence-corrected chi connectivity index (χ4v) is 2.51. The maximum Gasteiger partial charge on any atom is 0.161 e. The Labute approximate surface area is 105 Å². The van der Waals surface area contributed by atoms with Crippen molar-refractivity contribution in [3.63, 3.8) is 0 Å². The highest BCUT2D eigenvalue weighted by Gasteiger charge is 2.16. The smallest absolute Gasteiger partial charge is 0.161 e. The Morgan fingerprint density at radius 2 is 2.22 bits per heavy atom. The first-order valence-corrected chi connectivity index (χ1v) is 6.36. The van der Waals surface area contributed by atoms with Gasteiger partial charge in [-0.15, -0.1) is 10.2 Å². The van der Waals surface area contributed by atoms with Gasteiger partial charge in [-0.05, 0) is 44.0 Å². The third-order valence-electron chi connectivity index (χ3n) is 3.57. The monoisotopic (exact) mass is 244 g/mol. The number of nitrogens with zero attached hydrogens (tertiary/aromatic N) is 3. The van der Waals surface area contributed by atoms with Crippen LogP contribution in [0.1, 0.15) is 29.0 Å². The minimum atomic E-state index is 0.642. The lowest BCUT2D eigenvalue weighted by atomic mass is 9.94. The van der Waals surface area contributed by atoms with E-state index in [0.717, 1.165) is 37.3 Å². The zero-order valence-electron chi connectivity index (χ0n) is 10.2. The summed E-state index contributed by atoms with van der Waals surface area (Å²) < 4.78 is 1.98. The molecular formula is C13H16N4O. The van der Waals surface area contributed by atoms with Crippen LogP contribution in [0.25, 0.3) is 5.65 Å². The van der Waals surface area contributed by atoms with Crippen molar-refractivity contribution >= 4 is 11.9 Å². The molecule has 2 aromatic heterocycles. The van der Waals surface area contributed by atoms with Crippen molar-refractivity contribution in [1.29, 1.82) is 0 Å². The molecule has 1 aliphatic heterocycles. The van der Waals surface area contributed by atoms with Crippen LogP contribution in [0.15, 0.2) is 18.3 Å². The lowest BCUT2D eigenvalue weighted by Gasteiger charge is -2.21. The number of nitrogens with one attached hydrogen (secondary N) is 1. The molecule has 0 saturated carbocycles. The zero-order chi connectivity index (χ0) is 12.4. The predicted molar refractivity (Wildman–Crippen MR) is 67.7 cm³/mol. The molecule has 1 saturated heterocycles. The number of hydrogen-bond acceptors (Lipinski definition) is 4. The molecule has 3 heterocycles. The lowest BCUT2D eigenvalue weighted by molar-refractivity contribution is 0.112. The van der Waals surface area contributed by atoms with Gasteiger partial charge in [-0.3, -0.25) is 9.20 Å². The first-order chi connectivity index (χ1) is 8.86.